The summed E-state index contributed by atoms with van der Waals surface area (Å²) < 4.78 is 1.10. The van der Waals surface area contributed by atoms with Crippen LogP contribution in [0.25, 0.3) is 0 Å². The van der Waals surface area contributed by atoms with E-state index in [0.717, 1.165) is 30.5 Å². The minimum absolute atomic E-state index is 0.162. The molecule has 3 nitrogen and oxygen atoms in total. The van der Waals surface area contributed by atoms with E-state index in [9.17, 15) is 4.79 Å². The van der Waals surface area contributed by atoms with Gasteiger partial charge in [0.05, 0.1) is 5.92 Å². The smallest absolute Gasteiger partial charge is 0.224 e. The second-order valence-corrected chi connectivity index (χ2v) is 5.38. The van der Waals surface area contributed by atoms with Crippen molar-refractivity contribution in [1.29, 1.82) is 0 Å². The standard InChI is InChI=1S/C13H17BrN2O/c1-15-13(17)11-6-7-16(9-11)8-10-2-4-12(14)5-3-10/h2-5,11H,6-9H2,1H3,(H,15,17). The molecule has 0 aliphatic carbocycles. The fourth-order valence-electron chi connectivity index (χ4n) is 2.24. The van der Waals surface area contributed by atoms with E-state index < -0.39 is 0 Å². The number of hydrogen-bond acceptors (Lipinski definition) is 2. The molecule has 0 saturated carbocycles. The van der Waals surface area contributed by atoms with Crippen molar-refractivity contribution in [2.75, 3.05) is 20.1 Å². The fourth-order valence-corrected chi connectivity index (χ4v) is 2.51. The predicted molar refractivity (Wildman–Crippen MR) is 71.6 cm³/mol. The Hall–Kier alpha value is -0.870. The Labute approximate surface area is 110 Å². The van der Waals surface area contributed by atoms with Gasteiger partial charge >= 0.3 is 0 Å². The summed E-state index contributed by atoms with van der Waals surface area (Å²) in [5.74, 6) is 0.332. The molecular weight excluding hydrogens is 280 g/mol. The molecule has 0 spiro atoms. The van der Waals surface area contributed by atoms with E-state index >= 15 is 0 Å². The first-order valence-corrected chi connectivity index (χ1v) is 6.66. The van der Waals surface area contributed by atoms with Gasteiger partial charge < -0.3 is 5.32 Å². The molecule has 1 N–H and O–H groups in total. The maximum absolute atomic E-state index is 11.5. The van der Waals surface area contributed by atoms with Gasteiger partial charge in [0.15, 0.2) is 0 Å². The molecule has 1 heterocycles. The Morgan fingerprint density at radius 1 is 1.47 bits per heavy atom. The minimum atomic E-state index is 0.162. The molecule has 1 aliphatic heterocycles. The second kappa shape index (κ2) is 5.65. The highest BCUT2D eigenvalue weighted by molar-refractivity contribution is 9.10. The second-order valence-electron chi connectivity index (χ2n) is 4.46. The lowest BCUT2D eigenvalue weighted by atomic mass is 10.1. The monoisotopic (exact) mass is 296 g/mol. The van der Waals surface area contributed by atoms with Gasteiger partial charge in [0, 0.05) is 24.6 Å². The molecule has 4 heteroatoms. The fraction of sp³-hybridized carbons (Fsp3) is 0.462. The zero-order valence-corrected chi connectivity index (χ0v) is 11.5. The highest BCUT2D eigenvalue weighted by Gasteiger charge is 2.27. The van der Waals surface area contributed by atoms with Gasteiger partial charge in [-0.3, -0.25) is 9.69 Å². The van der Waals surface area contributed by atoms with E-state index in [-0.39, 0.29) is 11.8 Å². The summed E-state index contributed by atoms with van der Waals surface area (Å²) in [6.45, 7) is 2.81. The molecule has 92 valence electrons. The SMILES string of the molecule is CNC(=O)C1CCN(Cc2ccc(Br)cc2)C1. The average Bonchev–Trinajstić information content (AvgIpc) is 2.80. The van der Waals surface area contributed by atoms with Crippen LogP contribution in [-0.2, 0) is 11.3 Å². The topological polar surface area (TPSA) is 32.3 Å². The lowest BCUT2D eigenvalue weighted by molar-refractivity contribution is -0.124. The van der Waals surface area contributed by atoms with Crippen molar-refractivity contribution in [3.05, 3.63) is 34.3 Å². The van der Waals surface area contributed by atoms with Gasteiger partial charge in [0.25, 0.3) is 0 Å². The number of carbonyl (C=O) groups excluding carboxylic acids is 1. The molecular formula is C13H17BrN2O. The Morgan fingerprint density at radius 3 is 2.82 bits per heavy atom. The van der Waals surface area contributed by atoms with Crippen molar-refractivity contribution in [3.63, 3.8) is 0 Å². The van der Waals surface area contributed by atoms with Gasteiger partial charge in [0.1, 0.15) is 0 Å². The first-order valence-electron chi connectivity index (χ1n) is 5.87. The normalized spacial score (nSPS) is 20.5. The molecule has 1 fully saturated rings. The van der Waals surface area contributed by atoms with Gasteiger partial charge in [-0.15, -0.1) is 0 Å². The number of amides is 1. The largest absolute Gasteiger partial charge is 0.359 e. The molecule has 0 aromatic heterocycles. The first-order chi connectivity index (χ1) is 8.19. The Balaban J connectivity index is 1.89. The van der Waals surface area contributed by atoms with Crippen molar-refractivity contribution in [1.82, 2.24) is 10.2 Å². The van der Waals surface area contributed by atoms with Crippen LogP contribution in [0.5, 0.6) is 0 Å². The number of carbonyl (C=O) groups is 1. The summed E-state index contributed by atoms with van der Waals surface area (Å²) in [4.78, 5) is 13.8. The maximum Gasteiger partial charge on any atom is 0.224 e. The molecule has 0 bridgehead atoms. The molecule has 2 rings (SSSR count). The number of likely N-dealkylation sites (tertiary alicyclic amines) is 1. The quantitative estimate of drug-likeness (QED) is 0.925. The molecule has 17 heavy (non-hydrogen) atoms. The Morgan fingerprint density at radius 2 is 2.18 bits per heavy atom. The van der Waals surface area contributed by atoms with Crippen LogP contribution in [0.3, 0.4) is 0 Å². The molecule has 1 aliphatic rings. The van der Waals surface area contributed by atoms with Gasteiger partial charge in [-0.2, -0.15) is 0 Å². The lowest BCUT2D eigenvalue weighted by Crippen LogP contribution is -2.30. The van der Waals surface area contributed by atoms with Crippen molar-refractivity contribution in [2.45, 2.75) is 13.0 Å². The van der Waals surface area contributed by atoms with Gasteiger partial charge in [0.2, 0.25) is 5.91 Å². The average molecular weight is 297 g/mol. The van der Waals surface area contributed by atoms with E-state index in [4.69, 9.17) is 0 Å². The van der Waals surface area contributed by atoms with Crippen LogP contribution in [0.2, 0.25) is 0 Å². The first kappa shape index (κ1) is 12.6. The van der Waals surface area contributed by atoms with E-state index in [1.165, 1.54) is 5.56 Å². The third-order valence-electron chi connectivity index (χ3n) is 3.21. The van der Waals surface area contributed by atoms with E-state index in [2.05, 4.69) is 50.4 Å². The Bertz CT molecular complexity index is 391. The van der Waals surface area contributed by atoms with Crippen LogP contribution in [0, 0.1) is 5.92 Å². The van der Waals surface area contributed by atoms with Gasteiger partial charge in [-0.25, -0.2) is 0 Å². The van der Waals surface area contributed by atoms with Crippen LogP contribution in [0.1, 0.15) is 12.0 Å². The zero-order valence-electron chi connectivity index (χ0n) is 9.95. The highest BCUT2D eigenvalue weighted by Crippen LogP contribution is 2.19. The Kier molecular flexibility index (Phi) is 4.18. The molecule has 0 radical (unpaired) electrons. The molecule has 1 amide bonds. The summed E-state index contributed by atoms with van der Waals surface area (Å²) >= 11 is 3.43. The number of rotatable bonds is 3. The summed E-state index contributed by atoms with van der Waals surface area (Å²) in [5, 5.41) is 2.73. The number of benzene rings is 1. The molecule has 1 saturated heterocycles. The zero-order chi connectivity index (χ0) is 12.3. The van der Waals surface area contributed by atoms with Gasteiger partial charge in [-0.1, -0.05) is 28.1 Å². The summed E-state index contributed by atoms with van der Waals surface area (Å²) in [5.41, 5.74) is 1.30. The number of hydrogen-bond donors (Lipinski definition) is 1. The molecule has 1 aromatic rings. The maximum atomic E-state index is 11.5. The summed E-state index contributed by atoms with van der Waals surface area (Å²) in [7, 11) is 1.71. The summed E-state index contributed by atoms with van der Waals surface area (Å²) in [6.07, 6.45) is 0.968. The highest BCUT2D eigenvalue weighted by atomic mass is 79.9. The third-order valence-corrected chi connectivity index (χ3v) is 3.74. The van der Waals surface area contributed by atoms with Crippen LogP contribution >= 0.6 is 15.9 Å². The van der Waals surface area contributed by atoms with E-state index in [1.807, 2.05) is 0 Å². The summed E-state index contributed by atoms with van der Waals surface area (Å²) in [6, 6.07) is 8.36. The van der Waals surface area contributed by atoms with Crippen LogP contribution < -0.4 is 5.32 Å². The predicted octanol–water partition coefficient (Wildman–Crippen LogP) is 2.02. The van der Waals surface area contributed by atoms with Crippen molar-refractivity contribution < 1.29 is 4.79 Å². The lowest BCUT2D eigenvalue weighted by Gasteiger charge is -2.15. The number of halogens is 1. The van der Waals surface area contributed by atoms with E-state index in [1.54, 1.807) is 7.05 Å². The number of nitrogens with zero attached hydrogens (tertiary/aromatic N) is 1. The van der Waals surface area contributed by atoms with Gasteiger partial charge in [-0.05, 0) is 30.7 Å². The third kappa shape index (κ3) is 3.30. The minimum Gasteiger partial charge on any atom is -0.359 e. The van der Waals surface area contributed by atoms with Crippen LogP contribution in [0.15, 0.2) is 28.7 Å². The van der Waals surface area contributed by atoms with E-state index in [0.29, 0.717) is 0 Å². The van der Waals surface area contributed by atoms with Crippen LogP contribution in [0.4, 0.5) is 0 Å². The van der Waals surface area contributed by atoms with Crippen LogP contribution in [-0.4, -0.2) is 30.9 Å². The molecule has 1 unspecified atom stereocenters. The molecule has 1 aromatic carbocycles. The van der Waals surface area contributed by atoms with Crippen molar-refractivity contribution in [2.24, 2.45) is 5.92 Å². The number of nitrogens with one attached hydrogen (secondary N) is 1. The van der Waals surface area contributed by atoms with Crippen molar-refractivity contribution in [3.8, 4) is 0 Å². The molecule has 1 atom stereocenters. The van der Waals surface area contributed by atoms with Crippen molar-refractivity contribution >= 4 is 21.8 Å².